The molecule has 24 heavy (non-hydrogen) atoms. The first kappa shape index (κ1) is 15.9. The molecular formula is C18H17NO5. The van der Waals surface area contributed by atoms with Crippen LogP contribution in [-0.2, 0) is 16.0 Å². The summed E-state index contributed by atoms with van der Waals surface area (Å²) in [5.41, 5.74) is 1.45. The van der Waals surface area contributed by atoms with Crippen molar-refractivity contribution in [3.05, 3.63) is 59.7 Å². The maximum Gasteiger partial charge on any atom is 0.338 e. The minimum Gasteiger partial charge on any atom is -0.454 e. The van der Waals surface area contributed by atoms with Gasteiger partial charge in [0.05, 0.1) is 5.56 Å². The molecule has 0 bridgehead atoms. The van der Waals surface area contributed by atoms with Gasteiger partial charge in [0, 0.05) is 6.54 Å². The Labute approximate surface area is 139 Å². The first-order chi connectivity index (χ1) is 11.7. The number of carbonyl (C=O) groups is 2. The van der Waals surface area contributed by atoms with Gasteiger partial charge >= 0.3 is 5.97 Å². The zero-order valence-corrected chi connectivity index (χ0v) is 13.0. The Bertz CT molecular complexity index is 729. The van der Waals surface area contributed by atoms with Crippen molar-refractivity contribution in [1.29, 1.82) is 0 Å². The Morgan fingerprint density at radius 2 is 1.83 bits per heavy atom. The second-order valence-electron chi connectivity index (χ2n) is 5.23. The molecule has 0 radical (unpaired) electrons. The van der Waals surface area contributed by atoms with Gasteiger partial charge < -0.3 is 19.5 Å². The lowest BCUT2D eigenvalue weighted by Gasteiger charge is -2.07. The van der Waals surface area contributed by atoms with E-state index in [1.807, 2.05) is 30.3 Å². The Morgan fingerprint density at radius 1 is 1.04 bits per heavy atom. The van der Waals surface area contributed by atoms with Gasteiger partial charge in [-0.25, -0.2) is 4.79 Å². The molecule has 0 saturated heterocycles. The van der Waals surface area contributed by atoms with Gasteiger partial charge in [0.2, 0.25) is 6.79 Å². The molecule has 124 valence electrons. The first-order valence-electron chi connectivity index (χ1n) is 7.60. The fourth-order valence-electron chi connectivity index (χ4n) is 2.28. The number of benzene rings is 2. The summed E-state index contributed by atoms with van der Waals surface area (Å²) in [6, 6.07) is 14.6. The fourth-order valence-corrected chi connectivity index (χ4v) is 2.28. The number of esters is 1. The number of nitrogens with one attached hydrogen (secondary N) is 1. The predicted octanol–water partition coefficient (Wildman–Crippen LogP) is 1.93. The molecule has 0 spiro atoms. The molecular weight excluding hydrogens is 310 g/mol. The van der Waals surface area contributed by atoms with Crippen molar-refractivity contribution in [2.75, 3.05) is 19.9 Å². The van der Waals surface area contributed by atoms with Crippen LogP contribution >= 0.6 is 0 Å². The van der Waals surface area contributed by atoms with Gasteiger partial charge in [-0.05, 0) is 30.2 Å². The summed E-state index contributed by atoms with van der Waals surface area (Å²) in [4.78, 5) is 23.7. The fraction of sp³-hybridized carbons (Fsp3) is 0.222. The van der Waals surface area contributed by atoms with E-state index < -0.39 is 5.97 Å². The van der Waals surface area contributed by atoms with Crippen LogP contribution < -0.4 is 14.8 Å². The number of carbonyl (C=O) groups excluding carboxylic acids is 2. The molecule has 2 aromatic rings. The number of rotatable bonds is 6. The van der Waals surface area contributed by atoms with Gasteiger partial charge in [0.1, 0.15) is 0 Å². The van der Waals surface area contributed by atoms with Gasteiger partial charge in [-0.3, -0.25) is 4.79 Å². The van der Waals surface area contributed by atoms with Crippen LogP contribution in [0.15, 0.2) is 48.5 Å². The van der Waals surface area contributed by atoms with Crippen LogP contribution in [0.4, 0.5) is 0 Å². The van der Waals surface area contributed by atoms with Crippen LogP contribution in [0.1, 0.15) is 15.9 Å². The summed E-state index contributed by atoms with van der Waals surface area (Å²) in [7, 11) is 0. The second kappa shape index (κ2) is 7.50. The molecule has 1 aliphatic heterocycles. The van der Waals surface area contributed by atoms with Crippen molar-refractivity contribution in [3.8, 4) is 11.5 Å². The van der Waals surface area contributed by atoms with E-state index >= 15 is 0 Å². The molecule has 6 heteroatoms. The highest BCUT2D eigenvalue weighted by Crippen LogP contribution is 2.32. The summed E-state index contributed by atoms with van der Waals surface area (Å²) in [5, 5.41) is 2.72. The highest BCUT2D eigenvalue weighted by atomic mass is 16.7. The molecule has 1 N–H and O–H groups in total. The number of ether oxygens (including phenoxy) is 3. The molecule has 1 amide bonds. The standard InChI is InChI=1S/C18H17NO5/c20-17(19-9-8-13-4-2-1-3-5-13)11-22-18(21)14-6-7-15-16(10-14)24-12-23-15/h1-7,10H,8-9,11-12H2,(H,19,20). The minimum atomic E-state index is -0.577. The topological polar surface area (TPSA) is 73.9 Å². The van der Waals surface area contributed by atoms with Crippen molar-refractivity contribution >= 4 is 11.9 Å². The lowest BCUT2D eigenvalue weighted by atomic mass is 10.1. The van der Waals surface area contributed by atoms with Crippen molar-refractivity contribution < 1.29 is 23.8 Å². The van der Waals surface area contributed by atoms with Crippen LogP contribution in [0, 0.1) is 0 Å². The molecule has 0 unspecified atom stereocenters. The van der Waals surface area contributed by atoms with Crippen molar-refractivity contribution in [3.63, 3.8) is 0 Å². The van der Waals surface area contributed by atoms with E-state index in [1.54, 1.807) is 12.1 Å². The average Bonchev–Trinajstić information content (AvgIpc) is 3.08. The summed E-state index contributed by atoms with van der Waals surface area (Å²) >= 11 is 0. The smallest absolute Gasteiger partial charge is 0.338 e. The second-order valence-corrected chi connectivity index (χ2v) is 5.23. The third-order valence-corrected chi connectivity index (χ3v) is 3.52. The molecule has 0 atom stereocenters. The van der Waals surface area contributed by atoms with Crippen LogP contribution in [-0.4, -0.2) is 31.8 Å². The van der Waals surface area contributed by atoms with Crippen molar-refractivity contribution in [2.24, 2.45) is 0 Å². The Balaban J connectivity index is 1.41. The maximum atomic E-state index is 11.9. The molecule has 0 saturated carbocycles. The Kier molecular flexibility index (Phi) is 4.96. The van der Waals surface area contributed by atoms with Crippen LogP contribution in [0.2, 0.25) is 0 Å². The van der Waals surface area contributed by atoms with E-state index in [4.69, 9.17) is 14.2 Å². The molecule has 0 aromatic heterocycles. The van der Waals surface area contributed by atoms with Crippen LogP contribution in [0.3, 0.4) is 0 Å². The Hall–Kier alpha value is -3.02. The van der Waals surface area contributed by atoms with Gasteiger partial charge in [0.25, 0.3) is 5.91 Å². The van der Waals surface area contributed by atoms with Gasteiger partial charge in [-0.2, -0.15) is 0 Å². The number of amides is 1. The lowest BCUT2D eigenvalue weighted by molar-refractivity contribution is -0.124. The Morgan fingerprint density at radius 3 is 2.67 bits per heavy atom. The monoisotopic (exact) mass is 327 g/mol. The minimum absolute atomic E-state index is 0.137. The predicted molar refractivity (Wildman–Crippen MR) is 86.0 cm³/mol. The maximum absolute atomic E-state index is 11.9. The van der Waals surface area contributed by atoms with E-state index in [-0.39, 0.29) is 19.3 Å². The van der Waals surface area contributed by atoms with E-state index in [2.05, 4.69) is 5.32 Å². The first-order valence-corrected chi connectivity index (χ1v) is 7.60. The van der Waals surface area contributed by atoms with Crippen molar-refractivity contribution in [1.82, 2.24) is 5.32 Å². The third kappa shape index (κ3) is 4.04. The zero-order valence-electron chi connectivity index (χ0n) is 13.0. The van der Waals surface area contributed by atoms with E-state index in [0.717, 1.165) is 12.0 Å². The highest BCUT2D eigenvalue weighted by Gasteiger charge is 2.17. The SMILES string of the molecule is O=C(COC(=O)c1ccc2c(c1)OCO2)NCCc1ccccc1. The van der Waals surface area contributed by atoms with Gasteiger partial charge in [-0.1, -0.05) is 30.3 Å². The third-order valence-electron chi connectivity index (χ3n) is 3.52. The molecule has 1 aliphatic rings. The summed E-state index contributed by atoms with van der Waals surface area (Å²) < 4.78 is 15.4. The summed E-state index contributed by atoms with van der Waals surface area (Å²) in [5.74, 6) is 0.175. The van der Waals surface area contributed by atoms with Gasteiger partial charge in [0.15, 0.2) is 18.1 Å². The van der Waals surface area contributed by atoms with Crippen LogP contribution in [0.5, 0.6) is 11.5 Å². The molecule has 1 heterocycles. The quantitative estimate of drug-likeness (QED) is 0.821. The van der Waals surface area contributed by atoms with E-state index in [9.17, 15) is 9.59 Å². The molecule has 0 aliphatic carbocycles. The van der Waals surface area contributed by atoms with Crippen LogP contribution in [0.25, 0.3) is 0 Å². The highest BCUT2D eigenvalue weighted by molar-refractivity contribution is 5.92. The van der Waals surface area contributed by atoms with E-state index in [1.165, 1.54) is 6.07 Å². The lowest BCUT2D eigenvalue weighted by Crippen LogP contribution is -2.30. The zero-order chi connectivity index (χ0) is 16.8. The number of hydrogen-bond acceptors (Lipinski definition) is 5. The molecule has 3 rings (SSSR count). The molecule has 0 fully saturated rings. The molecule has 6 nitrogen and oxygen atoms in total. The molecule has 2 aromatic carbocycles. The van der Waals surface area contributed by atoms with E-state index in [0.29, 0.717) is 23.6 Å². The summed E-state index contributed by atoms with van der Waals surface area (Å²) in [6.45, 7) is 0.310. The number of fused-ring (bicyclic) bond motifs is 1. The largest absolute Gasteiger partial charge is 0.454 e. The van der Waals surface area contributed by atoms with Crippen molar-refractivity contribution in [2.45, 2.75) is 6.42 Å². The normalized spacial score (nSPS) is 11.8. The van der Waals surface area contributed by atoms with Gasteiger partial charge in [-0.15, -0.1) is 0 Å². The average molecular weight is 327 g/mol. The number of hydrogen-bond donors (Lipinski definition) is 1. The summed E-state index contributed by atoms with van der Waals surface area (Å²) in [6.07, 6.45) is 0.725.